The fraction of sp³-hybridized carbons (Fsp3) is 0.333. The molecule has 2 heterocycles. The zero-order valence-electron chi connectivity index (χ0n) is 9.37. The van der Waals surface area contributed by atoms with Gasteiger partial charge in [0.15, 0.2) is 5.22 Å². The van der Waals surface area contributed by atoms with Crippen LogP contribution in [0.15, 0.2) is 32.5 Å². The summed E-state index contributed by atoms with van der Waals surface area (Å²) in [6.07, 6.45) is 1.08. The van der Waals surface area contributed by atoms with Crippen LogP contribution in [0.4, 0.5) is 0 Å². The number of hydrogen-bond donors (Lipinski definition) is 1. The van der Waals surface area contributed by atoms with Gasteiger partial charge in [0.25, 0.3) is 0 Å². The topological polar surface area (TPSA) is 25.2 Å². The number of halogens is 2. The lowest BCUT2D eigenvalue weighted by atomic mass is 10.2. The summed E-state index contributed by atoms with van der Waals surface area (Å²) >= 11 is 11.1. The third kappa shape index (κ3) is 3.13. The summed E-state index contributed by atoms with van der Waals surface area (Å²) in [5.74, 6) is 0.853. The van der Waals surface area contributed by atoms with Gasteiger partial charge >= 0.3 is 0 Å². The Kier molecular flexibility index (Phi) is 4.68. The first kappa shape index (κ1) is 13.1. The van der Waals surface area contributed by atoms with Gasteiger partial charge in [-0.1, -0.05) is 6.92 Å². The summed E-state index contributed by atoms with van der Waals surface area (Å²) in [5.41, 5.74) is 0. The molecule has 0 saturated carbocycles. The second kappa shape index (κ2) is 6.05. The summed E-state index contributed by atoms with van der Waals surface area (Å²) in [7, 11) is 0. The van der Waals surface area contributed by atoms with Crippen LogP contribution in [0.5, 0.6) is 0 Å². The van der Waals surface area contributed by atoms with E-state index in [1.807, 2.05) is 12.1 Å². The second-order valence-electron chi connectivity index (χ2n) is 3.66. The van der Waals surface area contributed by atoms with E-state index in [9.17, 15) is 0 Å². The molecule has 92 valence electrons. The fourth-order valence-corrected chi connectivity index (χ4v) is 3.44. The van der Waals surface area contributed by atoms with Gasteiger partial charge in [0.2, 0.25) is 0 Å². The Bertz CT molecular complexity index is 482. The molecule has 0 radical (unpaired) electrons. The minimum atomic E-state index is 0.0665. The van der Waals surface area contributed by atoms with Gasteiger partial charge in [0.05, 0.1) is 0 Å². The maximum atomic E-state index is 5.84. The van der Waals surface area contributed by atoms with E-state index >= 15 is 0 Å². The predicted molar refractivity (Wildman–Crippen MR) is 75.9 cm³/mol. The van der Waals surface area contributed by atoms with E-state index in [2.05, 4.69) is 33.6 Å². The van der Waals surface area contributed by atoms with Crippen LogP contribution >= 0.6 is 38.9 Å². The Labute approximate surface area is 118 Å². The van der Waals surface area contributed by atoms with Crippen LogP contribution < -0.4 is 5.32 Å². The van der Waals surface area contributed by atoms with Crippen LogP contribution in [0.3, 0.4) is 0 Å². The van der Waals surface area contributed by atoms with Crippen LogP contribution in [-0.2, 0) is 0 Å². The van der Waals surface area contributed by atoms with Gasteiger partial charge in [-0.15, -0.1) is 11.3 Å². The Morgan fingerprint density at radius 3 is 2.82 bits per heavy atom. The second-order valence-corrected chi connectivity index (χ2v) is 5.84. The standard InChI is InChI=1S/C12H13BrClNOS/c1-2-6-15-11(9-3-4-10(14)16-9)12-8(13)5-7-17-12/h3-5,7,11,15H,2,6H2,1H3. The van der Waals surface area contributed by atoms with E-state index in [-0.39, 0.29) is 6.04 Å². The molecule has 0 spiro atoms. The molecule has 2 nitrogen and oxygen atoms in total. The molecule has 5 heteroatoms. The highest BCUT2D eigenvalue weighted by Crippen LogP contribution is 2.34. The van der Waals surface area contributed by atoms with E-state index in [1.54, 1.807) is 17.4 Å². The van der Waals surface area contributed by atoms with Crippen molar-refractivity contribution in [3.63, 3.8) is 0 Å². The maximum Gasteiger partial charge on any atom is 0.193 e. The van der Waals surface area contributed by atoms with Gasteiger partial charge in [-0.2, -0.15) is 0 Å². The van der Waals surface area contributed by atoms with Crippen molar-refractivity contribution in [3.8, 4) is 0 Å². The monoisotopic (exact) mass is 333 g/mol. The minimum Gasteiger partial charge on any atom is -0.448 e. The molecule has 1 N–H and O–H groups in total. The lowest BCUT2D eigenvalue weighted by Gasteiger charge is -2.15. The van der Waals surface area contributed by atoms with Gasteiger partial charge in [-0.3, -0.25) is 0 Å². The first-order chi connectivity index (χ1) is 8.22. The Morgan fingerprint density at radius 1 is 1.47 bits per heavy atom. The van der Waals surface area contributed by atoms with Crippen molar-refractivity contribution < 1.29 is 4.42 Å². The Morgan fingerprint density at radius 2 is 2.29 bits per heavy atom. The third-order valence-corrected chi connectivity index (χ3v) is 4.52. The van der Waals surface area contributed by atoms with Crippen molar-refractivity contribution in [2.24, 2.45) is 0 Å². The molecule has 1 unspecified atom stereocenters. The van der Waals surface area contributed by atoms with Crippen LogP contribution in [0.25, 0.3) is 0 Å². The van der Waals surface area contributed by atoms with Crippen molar-refractivity contribution in [3.05, 3.63) is 43.9 Å². The normalized spacial score (nSPS) is 12.9. The Balaban J connectivity index is 2.28. The average Bonchev–Trinajstić information content (AvgIpc) is 2.90. The van der Waals surface area contributed by atoms with Gasteiger partial charge in [0, 0.05) is 9.35 Å². The van der Waals surface area contributed by atoms with Gasteiger partial charge in [0.1, 0.15) is 11.8 Å². The number of thiophene rings is 1. The fourth-order valence-electron chi connectivity index (χ4n) is 1.61. The molecule has 0 aliphatic heterocycles. The van der Waals surface area contributed by atoms with E-state index in [0.717, 1.165) is 23.2 Å². The molecule has 0 saturated heterocycles. The van der Waals surface area contributed by atoms with Crippen LogP contribution in [0.1, 0.15) is 30.0 Å². The quantitative estimate of drug-likeness (QED) is 0.846. The highest BCUT2D eigenvalue weighted by Gasteiger charge is 2.20. The highest BCUT2D eigenvalue weighted by atomic mass is 79.9. The lowest BCUT2D eigenvalue weighted by Crippen LogP contribution is -2.22. The molecular formula is C12H13BrClNOS. The lowest BCUT2D eigenvalue weighted by molar-refractivity contribution is 0.450. The molecule has 0 amide bonds. The van der Waals surface area contributed by atoms with E-state index in [1.165, 1.54) is 4.88 Å². The smallest absolute Gasteiger partial charge is 0.193 e. The number of rotatable bonds is 5. The molecule has 2 aromatic heterocycles. The molecule has 2 aromatic rings. The maximum absolute atomic E-state index is 5.84. The van der Waals surface area contributed by atoms with Crippen molar-refractivity contribution in [1.29, 1.82) is 0 Å². The van der Waals surface area contributed by atoms with Gasteiger partial charge < -0.3 is 9.73 Å². The average molecular weight is 335 g/mol. The molecule has 0 bridgehead atoms. The van der Waals surface area contributed by atoms with E-state index in [0.29, 0.717) is 5.22 Å². The first-order valence-corrected chi connectivity index (χ1v) is 7.49. The van der Waals surface area contributed by atoms with Crippen molar-refractivity contribution in [2.75, 3.05) is 6.54 Å². The molecule has 2 rings (SSSR count). The molecule has 17 heavy (non-hydrogen) atoms. The summed E-state index contributed by atoms with van der Waals surface area (Å²) < 4.78 is 6.61. The molecule has 0 fully saturated rings. The zero-order chi connectivity index (χ0) is 12.3. The summed E-state index contributed by atoms with van der Waals surface area (Å²) in [6, 6.07) is 5.81. The third-order valence-electron chi connectivity index (χ3n) is 2.38. The molecule has 1 atom stereocenters. The van der Waals surface area contributed by atoms with Crippen molar-refractivity contribution >= 4 is 38.9 Å². The van der Waals surface area contributed by atoms with Gasteiger partial charge in [-0.25, -0.2) is 0 Å². The Hall–Kier alpha value is -0.290. The van der Waals surface area contributed by atoms with E-state index in [4.69, 9.17) is 16.0 Å². The summed E-state index contributed by atoms with van der Waals surface area (Å²) in [5, 5.41) is 5.96. The van der Waals surface area contributed by atoms with Gasteiger partial charge in [-0.05, 0) is 64.1 Å². The van der Waals surface area contributed by atoms with Crippen LogP contribution in [0.2, 0.25) is 5.22 Å². The number of hydrogen-bond acceptors (Lipinski definition) is 3. The van der Waals surface area contributed by atoms with E-state index < -0.39 is 0 Å². The molecule has 0 aliphatic carbocycles. The minimum absolute atomic E-state index is 0.0665. The summed E-state index contributed by atoms with van der Waals surface area (Å²) in [4.78, 5) is 1.21. The number of furan rings is 1. The molecular weight excluding hydrogens is 322 g/mol. The summed E-state index contributed by atoms with van der Waals surface area (Å²) in [6.45, 7) is 3.08. The molecule has 0 aliphatic rings. The zero-order valence-corrected chi connectivity index (χ0v) is 12.5. The van der Waals surface area contributed by atoms with Crippen LogP contribution in [0, 0.1) is 0 Å². The van der Waals surface area contributed by atoms with Crippen molar-refractivity contribution in [1.82, 2.24) is 5.32 Å². The van der Waals surface area contributed by atoms with Crippen LogP contribution in [-0.4, -0.2) is 6.54 Å². The van der Waals surface area contributed by atoms with Crippen molar-refractivity contribution in [2.45, 2.75) is 19.4 Å². The molecule has 0 aromatic carbocycles. The largest absolute Gasteiger partial charge is 0.448 e. The highest BCUT2D eigenvalue weighted by molar-refractivity contribution is 9.10. The predicted octanol–water partition coefficient (Wildman–Crippen LogP) is 4.85. The first-order valence-electron chi connectivity index (χ1n) is 5.44. The SMILES string of the molecule is CCCNC(c1ccc(Cl)o1)c1sccc1Br. The number of nitrogens with one attached hydrogen (secondary N) is 1.